The van der Waals surface area contributed by atoms with Gasteiger partial charge in [0.1, 0.15) is 0 Å². The van der Waals surface area contributed by atoms with Gasteiger partial charge in [0.05, 0.1) is 0 Å². The molecule has 0 radical (unpaired) electrons. The van der Waals surface area contributed by atoms with Gasteiger partial charge in [-0.1, -0.05) is 13.8 Å². The van der Waals surface area contributed by atoms with Gasteiger partial charge in [-0.3, -0.25) is 9.98 Å². The molecule has 0 atom stereocenters. The Morgan fingerprint density at radius 1 is 1.33 bits per heavy atom. The summed E-state index contributed by atoms with van der Waals surface area (Å²) in [4.78, 5) is 7.69. The zero-order chi connectivity index (χ0) is 7.49. The summed E-state index contributed by atoms with van der Waals surface area (Å²) in [5.41, 5.74) is 0. The molecular formula is C6H11IN2. The fourth-order valence-electron chi connectivity index (χ4n) is 0.415. The third-order valence-corrected chi connectivity index (χ3v) is 3.11. The molecule has 0 N–H and O–H groups in total. The number of rotatable bonds is 3. The van der Waals surface area contributed by atoms with E-state index in [9.17, 15) is 0 Å². The quantitative estimate of drug-likeness (QED) is 0.311. The van der Waals surface area contributed by atoms with Crippen molar-refractivity contribution in [2.75, 3.05) is 0 Å². The second kappa shape index (κ2) is 3.29. The van der Waals surface area contributed by atoms with Crippen molar-refractivity contribution in [3.05, 3.63) is 0 Å². The maximum absolute atomic E-state index is 3.85. The molecule has 0 rings (SSSR count). The van der Waals surface area contributed by atoms with E-state index in [1.165, 1.54) is 0 Å². The SMILES string of the molecule is C=NC(I)(N=C)C(C)C. The zero-order valence-electron chi connectivity index (χ0n) is 5.76. The summed E-state index contributed by atoms with van der Waals surface area (Å²) in [5.74, 6) is 0.355. The van der Waals surface area contributed by atoms with Crippen LogP contribution in [0.2, 0.25) is 0 Å². The van der Waals surface area contributed by atoms with E-state index in [-0.39, 0.29) is 0 Å². The van der Waals surface area contributed by atoms with Gasteiger partial charge in [-0.15, -0.1) is 0 Å². The Balaban J connectivity index is 4.26. The second-order valence-corrected chi connectivity index (χ2v) is 3.69. The molecule has 0 saturated carbocycles. The first kappa shape index (κ1) is 9.07. The average molecular weight is 238 g/mol. The van der Waals surface area contributed by atoms with Gasteiger partial charge < -0.3 is 0 Å². The van der Waals surface area contributed by atoms with Crippen LogP contribution in [0, 0.1) is 5.92 Å². The van der Waals surface area contributed by atoms with E-state index >= 15 is 0 Å². The molecule has 52 valence electrons. The van der Waals surface area contributed by atoms with Gasteiger partial charge >= 0.3 is 0 Å². The number of alkyl halides is 1. The highest BCUT2D eigenvalue weighted by atomic mass is 127. The zero-order valence-corrected chi connectivity index (χ0v) is 7.92. The normalized spacial score (nSPS) is 11.6. The maximum atomic E-state index is 3.85. The predicted molar refractivity (Wildman–Crippen MR) is 50.7 cm³/mol. The van der Waals surface area contributed by atoms with Crippen LogP contribution in [0.25, 0.3) is 0 Å². The summed E-state index contributed by atoms with van der Waals surface area (Å²) in [5, 5.41) is 0. The van der Waals surface area contributed by atoms with Crippen LogP contribution in [0.3, 0.4) is 0 Å². The molecule has 3 heteroatoms. The van der Waals surface area contributed by atoms with Crippen LogP contribution in [-0.2, 0) is 0 Å². The van der Waals surface area contributed by atoms with Gasteiger partial charge in [-0.05, 0) is 36.0 Å². The molecule has 0 aromatic carbocycles. The molecule has 0 amide bonds. The molecule has 0 aromatic heterocycles. The topological polar surface area (TPSA) is 24.7 Å². The largest absolute Gasteiger partial charge is 0.261 e. The predicted octanol–water partition coefficient (Wildman–Crippen LogP) is 2.13. The summed E-state index contributed by atoms with van der Waals surface area (Å²) in [6.07, 6.45) is 0. The summed E-state index contributed by atoms with van der Waals surface area (Å²) < 4.78 is -0.419. The lowest BCUT2D eigenvalue weighted by Gasteiger charge is -2.20. The first-order valence-electron chi connectivity index (χ1n) is 2.71. The molecule has 0 heterocycles. The first-order chi connectivity index (χ1) is 4.06. The highest BCUT2D eigenvalue weighted by Gasteiger charge is 2.25. The first-order valence-corrected chi connectivity index (χ1v) is 3.79. The van der Waals surface area contributed by atoms with Crippen molar-refractivity contribution in [3.8, 4) is 0 Å². The second-order valence-electron chi connectivity index (χ2n) is 2.11. The molecule has 0 bridgehead atoms. The average Bonchev–Trinajstić information content (AvgIpc) is 1.86. The Morgan fingerprint density at radius 3 is 1.67 bits per heavy atom. The van der Waals surface area contributed by atoms with Crippen LogP contribution < -0.4 is 0 Å². The standard InChI is InChI=1S/C6H11IN2/c1-5(2)6(7,8-3)9-4/h5H,3-4H2,1-2H3. The smallest absolute Gasteiger partial charge is 0.201 e. The van der Waals surface area contributed by atoms with E-state index in [1.54, 1.807) is 0 Å². The lowest BCUT2D eigenvalue weighted by Crippen LogP contribution is -2.20. The highest BCUT2D eigenvalue weighted by Crippen LogP contribution is 2.29. The summed E-state index contributed by atoms with van der Waals surface area (Å²) in [7, 11) is 0. The van der Waals surface area contributed by atoms with E-state index < -0.39 is 3.67 Å². The number of nitrogens with zero attached hydrogens (tertiary/aromatic N) is 2. The van der Waals surface area contributed by atoms with Crippen LogP contribution in [0.5, 0.6) is 0 Å². The van der Waals surface area contributed by atoms with Crippen molar-refractivity contribution in [2.24, 2.45) is 15.9 Å². The van der Waals surface area contributed by atoms with Crippen molar-refractivity contribution in [2.45, 2.75) is 17.5 Å². The van der Waals surface area contributed by atoms with E-state index in [0.29, 0.717) is 5.92 Å². The molecule has 0 aromatic rings. The van der Waals surface area contributed by atoms with Gasteiger partial charge in [0.15, 0.2) is 0 Å². The van der Waals surface area contributed by atoms with Gasteiger partial charge in [0, 0.05) is 5.92 Å². The fraction of sp³-hybridized carbons (Fsp3) is 0.667. The minimum absolute atomic E-state index is 0.355. The highest BCUT2D eigenvalue weighted by molar-refractivity contribution is 14.1. The van der Waals surface area contributed by atoms with E-state index in [2.05, 4.69) is 46.0 Å². The number of halogens is 1. The lowest BCUT2D eigenvalue weighted by molar-refractivity contribution is 0.497. The van der Waals surface area contributed by atoms with Crippen LogP contribution in [0.15, 0.2) is 9.98 Å². The Labute approximate surface area is 69.6 Å². The Hall–Kier alpha value is 0.0700. The molecule has 0 unspecified atom stereocenters. The Morgan fingerprint density at radius 2 is 1.67 bits per heavy atom. The van der Waals surface area contributed by atoms with Crippen molar-refractivity contribution in [1.29, 1.82) is 0 Å². The molecule has 0 spiro atoms. The van der Waals surface area contributed by atoms with Crippen molar-refractivity contribution in [1.82, 2.24) is 0 Å². The van der Waals surface area contributed by atoms with E-state index in [4.69, 9.17) is 0 Å². The molecule has 2 nitrogen and oxygen atoms in total. The summed E-state index contributed by atoms with van der Waals surface area (Å²) in [6.45, 7) is 10.9. The summed E-state index contributed by atoms with van der Waals surface area (Å²) in [6, 6.07) is 0. The Bertz CT molecular complexity index is 112. The molecular weight excluding hydrogens is 227 g/mol. The third kappa shape index (κ3) is 2.04. The van der Waals surface area contributed by atoms with E-state index in [1.807, 2.05) is 13.8 Å². The van der Waals surface area contributed by atoms with Crippen LogP contribution in [0.1, 0.15) is 13.8 Å². The van der Waals surface area contributed by atoms with E-state index in [0.717, 1.165) is 0 Å². The van der Waals surface area contributed by atoms with Gasteiger partial charge in [-0.25, -0.2) is 0 Å². The fourth-order valence-corrected chi connectivity index (χ4v) is 0.415. The number of hydrogen-bond donors (Lipinski definition) is 0. The third-order valence-electron chi connectivity index (χ3n) is 1.18. The molecule has 0 aliphatic rings. The van der Waals surface area contributed by atoms with Gasteiger partial charge in [0.25, 0.3) is 0 Å². The van der Waals surface area contributed by atoms with Crippen molar-refractivity contribution < 1.29 is 0 Å². The minimum atomic E-state index is -0.419. The van der Waals surface area contributed by atoms with Crippen LogP contribution in [0.4, 0.5) is 0 Å². The summed E-state index contributed by atoms with van der Waals surface area (Å²) >= 11 is 2.13. The maximum Gasteiger partial charge on any atom is 0.201 e. The van der Waals surface area contributed by atoms with Crippen LogP contribution in [-0.4, -0.2) is 17.1 Å². The van der Waals surface area contributed by atoms with Gasteiger partial charge in [0.2, 0.25) is 3.67 Å². The van der Waals surface area contributed by atoms with Crippen molar-refractivity contribution in [3.63, 3.8) is 0 Å². The van der Waals surface area contributed by atoms with Crippen LogP contribution >= 0.6 is 22.6 Å². The Kier molecular flexibility index (Phi) is 3.32. The minimum Gasteiger partial charge on any atom is -0.261 e. The molecule has 0 fully saturated rings. The van der Waals surface area contributed by atoms with Gasteiger partial charge in [-0.2, -0.15) is 0 Å². The number of hydrogen-bond acceptors (Lipinski definition) is 2. The molecule has 0 aliphatic heterocycles. The molecule has 9 heavy (non-hydrogen) atoms. The number of aliphatic imine (C=N–C) groups is 2. The van der Waals surface area contributed by atoms with Crippen molar-refractivity contribution >= 4 is 36.0 Å². The molecule has 0 saturated heterocycles. The lowest BCUT2D eigenvalue weighted by atomic mass is 10.2. The monoisotopic (exact) mass is 238 g/mol. The molecule has 0 aliphatic carbocycles.